The molecule has 0 aromatic carbocycles. The Balaban J connectivity index is 1.61. The first-order chi connectivity index (χ1) is 13.3. The highest BCUT2D eigenvalue weighted by atomic mass is 35.5. The minimum Gasteiger partial charge on any atom is -0.338 e. The highest BCUT2D eigenvalue weighted by Crippen LogP contribution is 2.35. The number of piperidine rings is 1. The molecule has 2 aliphatic rings. The Labute approximate surface area is 167 Å². The molecule has 7 nitrogen and oxygen atoms in total. The summed E-state index contributed by atoms with van der Waals surface area (Å²) >= 11 is 5.87. The van der Waals surface area contributed by atoms with E-state index in [0.29, 0.717) is 31.7 Å². The number of carbonyl (C=O) groups is 1. The van der Waals surface area contributed by atoms with Crippen LogP contribution in [0.2, 0.25) is 5.02 Å². The van der Waals surface area contributed by atoms with Crippen LogP contribution in [0.1, 0.15) is 34.0 Å². The number of halogens is 1. The number of fused-ring (bicyclic) bond motifs is 4. The zero-order valence-corrected chi connectivity index (χ0v) is 16.7. The van der Waals surface area contributed by atoms with Gasteiger partial charge in [0.05, 0.1) is 5.56 Å². The summed E-state index contributed by atoms with van der Waals surface area (Å²) in [7, 11) is 3.90. The highest BCUT2D eigenvalue weighted by Gasteiger charge is 2.37. The van der Waals surface area contributed by atoms with Gasteiger partial charge in [-0.25, -0.2) is 0 Å². The smallest absolute Gasteiger partial charge is 0.266 e. The van der Waals surface area contributed by atoms with Crippen LogP contribution >= 0.6 is 11.6 Å². The number of rotatable bonds is 3. The van der Waals surface area contributed by atoms with Crippen LogP contribution in [0.5, 0.6) is 0 Å². The normalized spacial score (nSPS) is 20.9. The molecule has 2 aromatic heterocycles. The molecular formula is C20H23ClN4O3. The fourth-order valence-corrected chi connectivity index (χ4v) is 4.55. The number of carbonyl (C=O) groups excluding carboxylic acids is 1. The Morgan fingerprint density at radius 2 is 2.04 bits per heavy atom. The minimum absolute atomic E-state index is 0.00775. The van der Waals surface area contributed by atoms with Crippen molar-refractivity contribution in [1.29, 1.82) is 0 Å². The van der Waals surface area contributed by atoms with E-state index in [9.17, 15) is 14.4 Å². The summed E-state index contributed by atoms with van der Waals surface area (Å²) < 4.78 is 1.90. The van der Waals surface area contributed by atoms with Crippen LogP contribution < -0.4 is 11.1 Å². The molecule has 0 spiro atoms. The number of hydrogen-bond acceptors (Lipinski definition) is 4. The van der Waals surface area contributed by atoms with Crippen molar-refractivity contribution in [1.82, 2.24) is 19.4 Å². The molecule has 1 amide bonds. The SMILES string of the molecule is CN(C)Cc1ccc2n(c1=O)C[C@H]1C[C@@H]2CN(C(=O)c2c[nH]c(=O)c(Cl)c2)C1. The number of aromatic amines is 1. The van der Waals surface area contributed by atoms with Gasteiger partial charge in [-0.15, -0.1) is 0 Å². The monoisotopic (exact) mass is 402 g/mol. The summed E-state index contributed by atoms with van der Waals surface area (Å²) in [6, 6.07) is 5.36. The zero-order valence-electron chi connectivity index (χ0n) is 15.9. The van der Waals surface area contributed by atoms with Crippen molar-refractivity contribution in [2.75, 3.05) is 27.2 Å². The number of nitrogens with zero attached hydrogens (tertiary/aromatic N) is 3. The minimum atomic E-state index is -0.407. The third-order valence-electron chi connectivity index (χ3n) is 5.56. The van der Waals surface area contributed by atoms with Crippen LogP contribution in [0, 0.1) is 5.92 Å². The van der Waals surface area contributed by atoms with Gasteiger partial charge in [-0.05, 0) is 38.6 Å². The molecule has 0 aliphatic carbocycles. The molecule has 1 fully saturated rings. The average Bonchev–Trinajstić information content (AvgIpc) is 2.65. The standard InChI is InChI=1S/C20H23ClN4O3/c1-23(2)10-13-3-4-17-15-5-12(9-25(17)20(13)28)8-24(11-15)19(27)14-6-16(21)18(26)22-7-14/h3-4,6-7,12,15H,5,8-11H2,1-2H3,(H,22,26)/t12-,15+/m0/s1. The molecule has 0 unspecified atom stereocenters. The van der Waals surface area contributed by atoms with E-state index in [4.69, 9.17) is 11.6 Å². The Kier molecular flexibility index (Phi) is 4.89. The lowest BCUT2D eigenvalue weighted by molar-refractivity contribution is 0.0593. The van der Waals surface area contributed by atoms with E-state index >= 15 is 0 Å². The van der Waals surface area contributed by atoms with Gasteiger partial charge < -0.3 is 19.4 Å². The molecule has 1 N–H and O–H groups in total. The van der Waals surface area contributed by atoms with Crippen molar-refractivity contribution in [2.45, 2.75) is 25.4 Å². The Hall–Kier alpha value is -2.38. The lowest BCUT2D eigenvalue weighted by Crippen LogP contribution is -2.49. The van der Waals surface area contributed by atoms with Gasteiger partial charge in [0.15, 0.2) is 0 Å². The summed E-state index contributed by atoms with van der Waals surface area (Å²) in [5, 5.41) is 0.00775. The largest absolute Gasteiger partial charge is 0.338 e. The Morgan fingerprint density at radius 3 is 2.75 bits per heavy atom. The lowest BCUT2D eigenvalue weighted by Gasteiger charge is -2.43. The molecule has 1 saturated heterocycles. The van der Waals surface area contributed by atoms with Gasteiger partial charge in [0, 0.05) is 49.6 Å². The second-order valence-corrected chi connectivity index (χ2v) is 8.42. The van der Waals surface area contributed by atoms with Gasteiger partial charge in [-0.3, -0.25) is 14.4 Å². The number of likely N-dealkylation sites (tertiary alicyclic amines) is 1. The first-order valence-electron chi connectivity index (χ1n) is 9.38. The molecule has 2 aliphatic heterocycles. The quantitative estimate of drug-likeness (QED) is 0.844. The maximum Gasteiger partial charge on any atom is 0.266 e. The van der Waals surface area contributed by atoms with Crippen molar-refractivity contribution >= 4 is 17.5 Å². The van der Waals surface area contributed by atoms with E-state index in [1.807, 2.05) is 40.6 Å². The fraction of sp³-hybridized carbons (Fsp3) is 0.450. The number of amides is 1. The maximum atomic E-state index is 12.9. The second-order valence-electron chi connectivity index (χ2n) is 8.01. The van der Waals surface area contributed by atoms with Gasteiger partial charge in [-0.1, -0.05) is 17.7 Å². The number of aromatic nitrogens is 2. The second kappa shape index (κ2) is 7.22. The fourth-order valence-electron chi connectivity index (χ4n) is 4.38. The van der Waals surface area contributed by atoms with E-state index in [2.05, 4.69) is 4.98 Å². The lowest BCUT2D eigenvalue weighted by atomic mass is 9.82. The maximum absolute atomic E-state index is 12.9. The first-order valence-corrected chi connectivity index (χ1v) is 9.76. The number of H-pyrrole nitrogens is 1. The van der Waals surface area contributed by atoms with E-state index in [-0.39, 0.29) is 28.3 Å². The van der Waals surface area contributed by atoms with E-state index in [0.717, 1.165) is 17.7 Å². The van der Waals surface area contributed by atoms with Crippen molar-refractivity contribution in [2.24, 2.45) is 5.92 Å². The third kappa shape index (κ3) is 3.40. The molecular weight excluding hydrogens is 380 g/mol. The number of pyridine rings is 2. The molecule has 28 heavy (non-hydrogen) atoms. The van der Waals surface area contributed by atoms with Crippen molar-refractivity contribution < 1.29 is 4.79 Å². The molecule has 4 rings (SSSR count). The van der Waals surface area contributed by atoms with Crippen LogP contribution in [0.25, 0.3) is 0 Å². The third-order valence-corrected chi connectivity index (χ3v) is 5.84. The van der Waals surface area contributed by atoms with Gasteiger partial charge in [0.1, 0.15) is 5.02 Å². The molecule has 4 heterocycles. The topological polar surface area (TPSA) is 78.4 Å². The van der Waals surface area contributed by atoms with Crippen LogP contribution in [0.4, 0.5) is 0 Å². The highest BCUT2D eigenvalue weighted by molar-refractivity contribution is 6.30. The molecule has 0 radical (unpaired) electrons. The van der Waals surface area contributed by atoms with E-state index in [1.54, 1.807) is 0 Å². The summed E-state index contributed by atoms with van der Waals surface area (Å²) in [4.78, 5) is 43.6. The molecule has 8 heteroatoms. The van der Waals surface area contributed by atoms with Gasteiger partial charge in [-0.2, -0.15) is 0 Å². The van der Waals surface area contributed by atoms with Crippen LogP contribution in [-0.2, 0) is 13.1 Å². The van der Waals surface area contributed by atoms with Crippen LogP contribution in [0.3, 0.4) is 0 Å². The molecule has 0 saturated carbocycles. The van der Waals surface area contributed by atoms with Crippen molar-refractivity contribution in [3.63, 3.8) is 0 Å². The zero-order chi connectivity index (χ0) is 20.0. The van der Waals surface area contributed by atoms with Crippen LogP contribution in [0.15, 0.2) is 34.0 Å². The van der Waals surface area contributed by atoms with Crippen LogP contribution in [-0.4, -0.2) is 52.4 Å². The number of hydrogen-bond donors (Lipinski definition) is 1. The predicted molar refractivity (Wildman–Crippen MR) is 107 cm³/mol. The summed E-state index contributed by atoms with van der Waals surface area (Å²) in [5.41, 5.74) is 1.84. The molecule has 2 atom stereocenters. The van der Waals surface area contributed by atoms with Gasteiger partial charge in [0.2, 0.25) is 0 Å². The Bertz CT molecular complexity index is 1040. The molecule has 148 valence electrons. The molecule has 2 aromatic rings. The Morgan fingerprint density at radius 1 is 1.25 bits per heavy atom. The van der Waals surface area contributed by atoms with Gasteiger partial charge >= 0.3 is 0 Å². The van der Waals surface area contributed by atoms with E-state index in [1.165, 1.54) is 12.3 Å². The first kappa shape index (κ1) is 19.0. The predicted octanol–water partition coefficient (Wildman–Crippen LogP) is 1.51. The molecule has 2 bridgehead atoms. The average molecular weight is 403 g/mol. The van der Waals surface area contributed by atoms with Crippen molar-refractivity contribution in [3.8, 4) is 0 Å². The van der Waals surface area contributed by atoms with E-state index < -0.39 is 5.56 Å². The van der Waals surface area contributed by atoms with Gasteiger partial charge in [0.25, 0.3) is 17.0 Å². The summed E-state index contributed by atoms with van der Waals surface area (Å²) in [5.74, 6) is 0.226. The van der Waals surface area contributed by atoms with Crippen molar-refractivity contribution in [3.05, 3.63) is 66.9 Å². The number of nitrogens with one attached hydrogen (secondary N) is 1. The summed E-state index contributed by atoms with van der Waals surface area (Å²) in [6.45, 7) is 2.39. The summed E-state index contributed by atoms with van der Waals surface area (Å²) in [6.07, 6.45) is 2.38.